The van der Waals surface area contributed by atoms with E-state index in [4.69, 9.17) is 0 Å². The number of rotatable bonds is 4. The molecule has 1 aliphatic rings. The van der Waals surface area contributed by atoms with Crippen LogP contribution in [0.2, 0.25) is 0 Å². The Hall–Kier alpha value is -1.20. The standard InChI is InChI=1S/C13H18N2O2S/c1-4-14-10(3)9(2)13-11-7-5-6-8-12(11)18(16,17)15-13/h5-10,14H,4H2,1-3H3. The molecule has 18 heavy (non-hydrogen) atoms. The molecule has 0 aromatic heterocycles. The van der Waals surface area contributed by atoms with Gasteiger partial charge in [-0.3, -0.25) is 0 Å². The molecule has 0 fully saturated rings. The summed E-state index contributed by atoms with van der Waals surface area (Å²) >= 11 is 0. The van der Waals surface area contributed by atoms with E-state index in [2.05, 4.69) is 9.71 Å². The van der Waals surface area contributed by atoms with Crippen LogP contribution >= 0.6 is 0 Å². The van der Waals surface area contributed by atoms with E-state index in [0.29, 0.717) is 10.6 Å². The molecule has 4 nitrogen and oxygen atoms in total. The van der Waals surface area contributed by atoms with Crippen LogP contribution in [-0.4, -0.2) is 26.7 Å². The van der Waals surface area contributed by atoms with Crippen molar-refractivity contribution in [3.63, 3.8) is 0 Å². The lowest BCUT2D eigenvalue weighted by Crippen LogP contribution is -2.36. The minimum Gasteiger partial charge on any atom is -0.314 e. The summed E-state index contributed by atoms with van der Waals surface area (Å²) in [7, 11) is -3.49. The van der Waals surface area contributed by atoms with E-state index in [9.17, 15) is 8.42 Å². The largest absolute Gasteiger partial charge is 0.314 e. The van der Waals surface area contributed by atoms with Gasteiger partial charge in [-0.05, 0) is 19.5 Å². The number of sulfonamides is 1. The van der Waals surface area contributed by atoms with Gasteiger partial charge in [0.05, 0.1) is 10.6 Å². The minimum absolute atomic E-state index is 0.0587. The second-order valence-corrected chi connectivity index (χ2v) is 6.16. The van der Waals surface area contributed by atoms with Gasteiger partial charge in [0.25, 0.3) is 10.0 Å². The van der Waals surface area contributed by atoms with Gasteiger partial charge in [-0.25, -0.2) is 0 Å². The highest BCUT2D eigenvalue weighted by atomic mass is 32.2. The van der Waals surface area contributed by atoms with E-state index >= 15 is 0 Å². The van der Waals surface area contributed by atoms with E-state index < -0.39 is 10.0 Å². The average Bonchev–Trinajstić information content (AvgIpc) is 2.62. The molecule has 2 unspecified atom stereocenters. The number of hydrogen-bond acceptors (Lipinski definition) is 3. The molecule has 1 aliphatic heterocycles. The van der Waals surface area contributed by atoms with Crippen molar-refractivity contribution in [1.82, 2.24) is 5.32 Å². The second kappa shape index (κ2) is 4.82. The number of nitrogens with one attached hydrogen (secondary N) is 1. The van der Waals surface area contributed by atoms with E-state index in [1.165, 1.54) is 0 Å². The molecule has 1 aromatic rings. The smallest absolute Gasteiger partial charge is 0.283 e. The van der Waals surface area contributed by atoms with Crippen molar-refractivity contribution in [2.24, 2.45) is 10.3 Å². The number of nitrogens with zero attached hydrogens (tertiary/aromatic N) is 1. The molecule has 0 amide bonds. The molecule has 1 heterocycles. The predicted octanol–water partition coefficient (Wildman–Crippen LogP) is 1.81. The predicted molar refractivity (Wildman–Crippen MR) is 72.5 cm³/mol. The Balaban J connectivity index is 2.42. The maximum atomic E-state index is 11.9. The highest BCUT2D eigenvalue weighted by molar-refractivity contribution is 7.90. The van der Waals surface area contributed by atoms with Crippen LogP contribution < -0.4 is 5.32 Å². The third kappa shape index (κ3) is 2.20. The van der Waals surface area contributed by atoms with Gasteiger partial charge in [-0.15, -0.1) is 0 Å². The van der Waals surface area contributed by atoms with E-state index in [1.54, 1.807) is 12.1 Å². The van der Waals surface area contributed by atoms with Crippen LogP contribution in [0, 0.1) is 5.92 Å². The first kappa shape index (κ1) is 13.2. The Labute approximate surface area is 108 Å². The molecule has 2 rings (SSSR count). The van der Waals surface area contributed by atoms with Gasteiger partial charge in [-0.1, -0.05) is 32.0 Å². The molecule has 1 N–H and O–H groups in total. The summed E-state index contributed by atoms with van der Waals surface area (Å²) in [6.07, 6.45) is 0. The van der Waals surface area contributed by atoms with E-state index in [-0.39, 0.29) is 12.0 Å². The van der Waals surface area contributed by atoms with Crippen molar-refractivity contribution in [3.05, 3.63) is 29.8 Å². The molecule has 98 valence electrons. The zero-order valence-electron chi connectivity index (χ0n) is 10.8. The van der Waals surface area contributed by atoms with Crippen molar-refractivity contribution in [2.45, 2.75) is 31.7 Å². The van der Waals surface area contributed by atoms with Gasteiger partial charge in [0.2, 0.25) is 0 Å². The maximum absolute atomic E-state index is 11.9. The zero-order valence-corrected chi connectivity index (χ0v) is 11.7. The lowest BCUT2D eigenvalue weighted by Gasteiger charge is -2.20. The van der Waals surface area contributed by atoms with Crippen molar-refractivity contribution in [1.29, 1.82) is 0 Å². The Morgan fingerprint density at radius 1 is 1.28 bits per heavy atom. The van der Waals surface area contributed by atoms with Crippen LogP contribution in [-0.2, 0) is 10.0 Å². The number of benzene rings is 1. The number of fused-ring (bicyclic) bond motifs is 1. The van der Waals surface area contributed by atoms with Crippen molar-refractivity contribution in [3.8, 4) is 0 Å². The fourth-order valence-electron chi connectivity index (χ4n) is 2.19. The summed E-state index contributed by atoms with van der Waals surface area (Å²) in [5, 5.41) is 3.30. The summed E-state index contributed by atoms with van der Waals surface area (Å²) in [5.41, 5.74) is 1.41. The molecule has 0 saturated carbocycles. The SMILES string of the molecule is CCNC(C)C(C)C1=NS(=O)(=O)c2ccccc21. The third-order valence-corrected chi connectivity index (χ3v) is 4.72. The molecule has 1 aromatic carbocycles. The average molecular weight is 266 g/mol. The van der Waals surface area contributed by atoms with Crippen molar-refractivity contribution in [2.75, 3.05) is 6.54 Å². The molecular weight excluding hydrogens is 248 g/mol. The van der Waals surface area contributed by atoms with Crippen LogP contribution in [0.15, 0.2) is 33.6 Å². The molecule has 2 atom stereocenters. The minimum atomic E-state index is -3.49. The fraction of sp³-hybridized carbons (Fsp3) is 0.462. The third-order valence-electron chi connectivity index (χ3n) is 3.37. The molecular formula is C13H18N2O2S. The highest BCUT2D eigenvalue weighted by Crippen LogP contribution is 2.29. The first-order valence-corrected chi connectivity index (χ1v) is 7.59. The van der Waals surface area contributed by atoms with E-state index in [0.717, 1.165) is 12.1 Å². The molecule has 0 bridgehead atoms. The summed E-state index contributed by atoms with van der Waals surface area (Å²) in [6, 6.07) is 7.21. The van der Waals surface area contributed by atoms with Gasteiger partial charge in [0.15, 0.2) is 0 Å². The van der Waals surface area contributed by atoms with Gasteiger partial charge in [-0.2, -0.15) is 12.8 Å². The summed E-state index contributed by atoms with van der Waals surface area (Å²) in [5.74, 6) is 0.0587. The monoisotopic (exact) mass is 266 g/mol. The highest BCUT2D eigenvalue weighted by Gasteiger charge is 2.32. The summed E-state index contributed by atoms with van der Waals surface area (Å²) < 4.78 is 27.8. The first-order chi connectivity index (χ1) is 8.47. The number of hydrogen-bond donors (Lipinski definition) is 1. The Morgan fingerprint density at radius 3 is 2.61 bits per heavy atom. The maximum Gasteiger partial charge on any atom is 0.283 e. The topological polar surface area (TPSA) is 58.5 Å². The van der Waals surface area contributed by atoms with Crippen molar-refractivity contribution >= 4 is 15.7 Å². The summed E-state index contributed by atoms with van der Waals surface area (Å²) in [4.78, 5) is 0.329. The fourth-order valence-corrected chi connectivity index (χ4v) is 3.52. The Kier molecular flexibility index (Phi) is 3.54. The molecule has 5 heteroatoms. The van der Waals surface area contributed by atoms with Crippen molar-refractivity contribution < 1.29 is 8.42 Å². The quantitative estimate of drug-likeness (QED) is 0.904. The van der Waals surface area contributed by atoms with Crippen LogP contribution in [0.25, 0.3) is 0 Å². The van der Waals surface area contributed by atoms with E-state index in [1.807, 2.05) is 32.9 Å². The Morgan fingerprint density at radius 2 is 1.94 bits per heavy atom. The molecule has 0 spiro atoms. The van der Waals surface area contributed by atoms with Crippen LogP contribution in [0.1, 0.15) is 26.3 Å². The van der Waals surface area contributed by atoms with Gasteiger partial charge in [0.1, 0.15) is 0 Å². The normalized spacial score (nSPS) is 20.1. The van der Waals surface area contributed by atoms with Crippen LogP contribution in [0.5, 0.6) is 0 Å². The molecule has 0 saturated heterocycles. The zero-order chi connectivity index (χ0) is 13.3. The lowest BCUT2D eigenvalue weighted by molar-refractivity contribution is 0.493. The second-order valence-electron chi connectivity index (χ2n) is 4.58. The Bertz CT molecular complexity index is 578. The first-order valence-electron chi connectivity index (χ1n) is 6.15. The lowest BCUT2D eigenvalue weighted by atomic mass is 9.92. The van der Waals surface area contributed by atoms with Crippen LogP contribution in [0.4, 0.5) is 0 Å². The molecule has 0 aliphatic carbocycles. The molecule has 0 radical (unpaired) electrons. The van der Waals surface area contributed by atoms with Gasteiger partial charge in [0, 0.05) is 17.5 Å². The summed E-state index contributed by atoms with van der Waals surface area (Å²) in [6.45, 7) is 6.94. The van der Waals surface area contributed by atoms with Gasteiger partial charge >= 0.3 is 0 Å². The van der Waals surface area contributed by atoms with Crippen LogP contribution in [0.3, 0.4) is 0 Å². The van der Waals surface area contributed by atoms with Gasteiger partial charge < -0.3 is 5.32 Å².